The first-order chi connectivity index (χ1) is 17.2. The van der Waals surface area contributed by atoms with Gasteiger partial charge in [0, 0.05) is 19.1 Å². The first-order valence-corrected chi connectivity index (χ1v) is 13.6. The molecule has 6 atom stereocenters. The second kappa shape index (κ2) is 9.86. The number of rotatable bonds is 7. The number of nitrogens with zero attached hydrogens (tertiary/aromatic N) is 1. The summed E-state index contributed by atoms with van der Waals surface area (Å²) in [7, 11) is -0.505. The maximum absolute atomic E-state index is 13.1. The lowest BCUT2D eigenvalue weighted by atomic mass is 9.43. The topological polar surface area (TPSA) is 79.9 Å². The first-order valence-electron chi connectivity index (χ1n) is 13.6. The Morgan fingerprint density at radius 2 is 2.00 bits per heavy atom. The molecule has 1 aromatic rings. The van der Waals surface area contributed by atoms with Gasteiger partial charge in [0.25, 0.3) is 0 Å². The molecule has 3 aliphatic carbocycles. The van der Waals surface area contributed by atoms with E-state index in [1.165, 1.54) is 12.5 Å². The summed E-state index contributed by atoms with van der Waals surface area (Å²) in [4.78, 5) is 27.2. The number of urea groups is 1. The Labute approximate surface area is 215 Å². The molecular weight excluding hydrogens is 453 g/mol. The van der Waals surface area contributed by atoms with E-state index < -0.39 is 7.12 Å². The minimum Gasteiger partial charge on any atom is -0.404 e. The highest BCUT2D eigenvalue weighted by molar-refractivity contribution is 6.48. The van der Waals surface area contributed by atoms with E-state index in [1.54, 1.807) is 0 Å². The summed E-state index contributed by atoms with van der Waals surface area (Å²) < 4.78 is 13.2. The van der Waals surface area contributed by atoms with E-state index in [4.69, 9.17) is 9.31 Å². The second-order valence-electron chi connectivity index (χ2n) is 11.9. The van der Waals surface area contributed by atoms with Crippen molar-refractivity contribution in [2.75, 3.05) is 13.1 Å². The SMILES string of the molecule is C=CC(=O)N1CCCC[C@H]1CNC(=O)N[C@@H](Cc1ccccc1)B1OC2C[C@@H]3C[C@@H](C3(C)C)[C@]2(C)O1. The van der Waals surface area contributed by atoms with Gasteiger partial charge in [-0.15, -0.1) is 0 Å². The minimum atomic E-state index is -0.505. The van der Waals surface area contributed by atoms with Crippen molar-refractivity contribution in [3.05, 3.63) is 48.6 Å². The van der Waals surface area contributed by atoms with Crippen molar-refractivity contribution in [1.82, 2.24) is 15.5 Å². The number of carbonyl (C=O) groups is 2. The van der Waals surface area contributed by atoms with E-state index in [9.17, 15) is 9.59 Å². The fourth-order valence-electron chi connectivity index (χ4n) is 7.20. The molecule has 0 radical (unpaired) electrons. The molecule has 3 amide bonds. The third-order valence-electron chi connectivity index (χ3n) is 9.50. The quantitative estimate of drug-likeness (QED) is 0.448. The normalized spacial score (nSPS) is 33.2. The van der Waals surface area contributed by atoms with E-state index in [1.807, 2.05) is 23.1 Å². The van der Waals surface area contributed by atoms with Crippen LogP contribution in [0.3, 0.4) is 0 Å². The highest BCUT2D eigenvalue weighted by Gasteiger charge is 2.68. The van der Waals surface area contributed by atoms with Crippen molar-refractivity contribution >= 4 is 19.1 Å². The fraction of sp³-hybridized carbons (Fsp3) is 0.643. The lowest BCUT2D eigenvalue weighted by Crippen LogP contribution is -2.65. The van der Waals surface area contributed by atoms with Crippen molar-refractivity contribution in [3.8, 4) is 0 Å². The maximum atomic E-state index is 13.1. The molecule has 1 unspecified atom stereocenters. The Morgan fingerprint density at radius 3 is 2.72 bits per heavy atom. The summed E-state index contributed by atoms with van der Waals surface area (Å²) in [6, 6.07) is 9.87. The monoisotopic (exact) mass is 493 g/mol. The van der Waals surface area contributed by atoms with Crippen molar-refractivity contribution in [2.45, 2.75) is 83.0 Å². The molecule has 1 aromatic carbocycles. The van der Waals surface area contributed by atoms with E-state index >= 15 is 0 Å². The lowest BCUT2D eigenvalue weighted by Gasteiger charge is -2.64. The number of hydrogen-bond acceptors (Lipinski definition) is 4. The average Bonchev–Trinajstić information content (AvgIpc) is 3.24. The molecule has 0 spiro atoms. The summed E-state index contributed by atoms with van der Waals surface area (Å²) >= 11 is 0. The van der Waals surface area contributed by atoms with E-state index in [2.05, 4.69) is 50.1 Å². The molecule has 8 heteroatoms. The molecular formula is C28H40BN3O4. The van der Waals surface area contributed by atoms with Crippen LogP contribution in [-0.2, 0) is 20.5 Å². The van der Waals surface area contributed by atoms with Crippen molar-refractivity contribution in [2.24, 2.45) is 17.3 Å². The first kappa shape index (κ1) is 25.3. The van der Waals surface area contributed by atoms with Crippen molar-refractivity contribution in [1.29, 1.82) is 0 Å². The number of carbonyl (C=O) groups excluding carboxylic acids is 2. The third-order valence-corrected chi connectivity index (χ3v) is 9.50. The molecule has 5 fully saturated rings. The summed E-state index contributed by atoms with van der Waals surface area (Å²) in [5.41, 5.74) is 1.05. The molecule has 0 aromatic heterocycles. The van der Waals surface area contributed by atoms with Gasteiger partial charge in [-0.1, -0.05) is 50.8 Å². The van der Waals surface area contributed by atoms with Gasteiger partial charge < -0.3 is 24.8 Å². The van der Waals surface area contributed by atoms with Crippen LogP contribution in [0.15, 0.2) is 43.0 Å². The fourth-order valence-corrected chi connectivity index (χ4v) is 7.20. The molecule has 2 N–H and O–H groups in total. The van der Waals surface area contributed by atoms with Crippen LogP contribution in [0.2, 0.25) is 0 Å². The Balaban J connectivity index is 1.26. The Kier molecular flexibility index (Phi) is 6.94. The summed E-state index contributed by atoms with van der Waals surface area (Å²) in [6.07, 6.45) is 7.14. The van der Waals surface area contributed by atoms with Crippen LogP contribution >= 0.6 is 0 Å². The molecule has 2 aliphatic heterocycles. The third kappa shape index (κ3) is 4.58. The van der Waals surface area contributed by atoms with Gasteiger partial charge in [0.2, 0.25) is 5.91 Å². The highest BCUT2D eigenvalue weighted by atomic mass is 16.7. The standard InChI is InChI=1S/C28H40BN3O4/c1-5-25(33)32-14-10-9-13-21(32)18-30-26(34)31-24(15-19-11-7-6-8-12-19)29-35-23-17-20-16-22(27(20,2)3)28(23,4)36-29/h5-8,11-12,20-24H,1,9-10,13-18H2,2-4H3,(H2,30,31,34)/t20-,21-,22-,23?,24-,28-/m0/s1. The van der Waals surface area contributed by atoms with Gasteiger partial charge in [-0.25, -0.2) is 4.79 Å². The van der Waals surface area contributed by atoms with E-state index in [0.717, 1.165) is 31.2 Å². The largest absolute Gasteiger partial charge is 0.482 e. The number of nitrogens with one attached hydrogen (secondary N) is 2. The Morgan fingerprint density at radius 1 is 1.22 bits per heavy atom. The summed E-state index contributed by atoms with van der Waals surface area (Å²) in [6.45, 7) is 11.6. The molecule has 5 aliphatic rings. The van der Waals surface area contributed by atoms with Crippen molar-refractivity contribution < 1.29 is 18.9 Å². The zero-order valence-electron chi connectivity index (χ0n) is 21.9. The van der Waals surface area contributed by atoms with Gasteiger partial charge in [0.15, 0.2) is 0 Å². The molecule has 7 nitrogen and oxygen atoms in total. The molecule has 3 saturated carbocycles. The summed E-state index contributed by atoms with van der Waals surface area (Å²) in [5, 5.41) is 6.17. The Hall–Kier alpha value is -2.32. The van der Waals surface area contributed by atoms with Gasteiger partial charge in [-0.2, -0.15) is 0 Å². The van der Waals surface area contributed by atoms with Crippen LogP contribution in [0.4, 0.5) is 4.79 Å². The predicted octanol–water partition coefficient (Wildman–Crippen LogP) is 3.73. The molecule has 2 heterocycles. The zero-order chi connectivity index (χ0) is 25.5. The van der Waals surface area contributed by atoms with Gasteiger partial charge in [-0.3, -0.25) is 4.79 Å². The molecule has 36 heavy (non-hydrogen) atoms. The zero-order valence-corrected chi connectivity index (χ0v) is 21.9. The maximum Gasteiger partial charge on any atom is 0.482 e. The number of likely N-dealkylation sites (tertiary alicyclic amines) is 1. The molecule has 2 bridgehead atoms. The minimum absolute atomic E-state index is 0.0163. The van der Waals surface area contributed by atoms with Gasteiger partial charge in [0.05, 0.1) is 17.6 Å². The number of amides is 3. The van der Waals surface area contributed by atoms with Crippen LogP contribution in [0, 0.1) is 17.3 Å². The summed E-state index contributed by atoms with van der Waals surface area (Å²) in [5.74, 6) is 0.731. The predicted molar refractivity (Wildman–Crippen MR) is 140 cm³/mol. The van der Waals surface area contributed by atoms with Crippen LogP contribution in [0.1, 0.15) is 58.4 Å². The van der Waals surface area contributed by atoms with Gasteiger partial charge >= 0.3 is 13.1 Å². The van der Waals surface area contributed by atoms with Crippen LogP contribution < -0.4 is 10.6 Å². The average molecular weight is 493 g/mol. The van der Waals surface area contributed by atoms with Crippen LogP contribution in [0.5, 0.6) is 0 Å². The number of hydrogen-bond donors (Lipinski definition) is 2. The highest BCUT2D eigenvalue weighted by Crippen LogP contribution is 2.65. The Bertz CT molecular complexity index is 988. The van der Waals surface area contributed by atoms with Crippen LogP contribution in [0.25, 0.3) is 0 Å². The molecule has 2 saturated heterocycles. The van der Waals surface area contributed by atoms with E-state index in [0.29, 0.717) is 31.3 Å². The molecule has 6 rings (SSSR count). The number of benzene rings is 1. The van der Waals surface area contributed by atoms with Gasteiger partial charge in [-0.05, 0) is 74.3 Å². The van der Waals surface area contributed by atoms with Crippen molar-refractivity contribution in [3.63, 3.8) is 0 Å². The molecule has 194 valence electrons. The van der Waals surface area contributed by atoms with Crippen LogP contribution in [-0.4, -0.2) is 60.7 Å². The number of piperidine rings is 1. The second-order valence-corrected chi connectivity index (χ2v) is 11.9. The van der Waals surface area contributed by atoms with E-state index in [-0.39, 0.29) is 41.0 Å². The smallest absolute Gasteiger partial charge is 0.404 e. The van der Waals surface area contributed by atoms with Gasteiger partial charge in [0.1, 0.15) is 0 Å². The lowest BCUT2D eigenvalue weighted by molar-refractivity contribution is -0.199.